The molecule has 0 aromatic carbocycles. The van der Waals surface area contributed by atoms with Crippen LogP contribution in [0.4, 0.5) is 0 Å². The molecular weight excluding hydrogens is 266 g/mol. The lowest BCUT2D eigenvalue weighted by Crippen LogP contribution is -2.41. The van der Waals surface area contributed by atoms with E-state index < -0.39 is 22.8 Å². The van der Waals surface area contributed by atoms with Gasteiger partial charge in [-0.3, -0.25) is 13.9 Å². The number of rotatable bonds is 5. The van der Waals surface area contributed by atoms with Gasteiger partial charge in [0.15, 0.2) is 0 Å². The molecule has 0 spiro atoms. The lowest BCUT2D eigenvalue weighted by atomic mass is 9.83. The lowest BCUT2D eigenvalue weighted by molar-refractivity contribution is -0.142. The molecular formula is C13H27NO4S. The highest BCUT2D eigenvalue weighted by Gasteiger charge is 2.39. The molecule has 0 aliphatic carbocycles. The summed E-state index contributed by atoms with van der Waals surface area (Å²) >= 11 is 0. The summed E-state index contributed by atoms with van der Waals surface area (Å²) in [5.74, 6) is -0.427. The summed E-state index contributed by atoms with van der Waals surface area (Å²) in [6.07, 6.45) is 2.03. The summed E-state index contributed by atoms with van der Waals surface area (Å²) in [6.45, 7) is 8.87. The molecule has 0 saturated carbocycles. The van der Waals surface area contributed by atoms with E-state index in [4.69, 9.17) is 0 Å². The van der Waals surface area contributed by atoms with Gasteiger partial charge in [0.1, 0.15) is 6.04 Å². The molecule has 1 fully saturated rings. The number of hydrogen-bond donors (Lipinski definition) is 3. The Balaban J connectivity index is 2.71. The molecule has 2 atom stereocenters. The number of carboxylic acids is 1. The summed E-state index contributed by atoms with van der Waals surface area (Å²) in [6, 6.07) is -0.787. The quantitative estimate of drug-likeness (QED) is 0.725. The third-order valence-corrected chi connectivity index (χ3v) is 5.42. The maximum Gasteiger partial charge on any atom is 0.322 e. The predicted molar refractivity (Wildman–Crippen MR) is 78.3 cm³/mol. The van der Waals surface area contributed by atoms with Crippen molar-refractivity contribution in [3.05, 3.63) is 0 Å². The molecule has 3 N–H and O–H groups in total. The molecule has 0 amide bonds. The van der Waals surface area contributed by atoms with Crippen molar-refractivity contribution >= 4 is 16.7 Å². The van der Waals surface area contributed by atoms with Crippen molar-refractivity contribution in [2.24, 2.45) is 11.3 Å². The Hall–Kier alpha value is -0.300. The zero-order chi connectivity index (χ0) is 14.8. The zero-order valence-corrected chi connectivity index (χ0v) is 13.1. The molecule has 0 radical (unpaired) electrons. The fourth-order valence-corrected chi connectivity index (χ4v) is 4.64. The van der Waals surface area contributed by atoms with Crippen LogP contribution in [-0.2, 0) is 4.79 Å². The van der Waals surface area contributed by atoms with E-state index in [0.717, 1.165) is 6.42 Å². The second-order valence-corrected chi connectivity index (χ2v) is 8.93. The third-order valence-electron chi connectivity index (χ3n) is 3.39. The van der Waals surface area contributed by atoms with E-state index in [0.29, 0.717) is 25.1 Å². The van der Waals surface area contributed by atoms with Gasteiger partial charge in [-0.1, -0.05) is 27.7 Å². The normalized spacial score (nSPS) is 24.9. The molecule has 1 aliphatic rings. The molecule has 0 aromatic heterocycles. The Labute approximate surface area is 117 Å². The number of aliphatic carboxylic acids is 1. The van der Waals surface area contributed by atoms with Gasteiger partial charge in [-0.25, -0.2) is 0 Å². The van der Waals surface area contributed by atoms with Crippen molar-refractivity contribution in [3.63, 3.8) is 0 Å². The van der Waals surface area contributed by atoms with Crippen molar-refractivity contribution in [1.29, 1.82) is 0 Å². The summed E-state index contributed by atoms with van der Waals surface area (Å²) in [5.41, 5.74) is 0.149. The van der Waals surface area contributed by atoms with Crippen LogP contribution < -0.4 is 0 Å². The standard InChI is InChI=1S/C13H27NO4S/c1-10(9-13(2,3)4)8-11(12(15)16)14-6-5-7-19(14,17)18/h10-11,17-18H,5-9H2,1-4H3,(H,15,16)/t10?,11-/m0/s1. The summed E-state index contributed by atoms with van der Waals surface area (Å²) < 4.78 is 21.2. The summed E-state index contributed by atoms with van der Waals surface area (Å²) in [4.78, 5) is 11.4. The smallest absolute Gasteiger partial charge is 0.322 e. The minimum absolute atomic E-state index is 0.149. The molecule has 1 heterocycles. The Bertz CT molecular complexity index is 327. The van der Waals surface area contributed by atoms with Crippen molar-refractivity contribution < 1.29 is 19.0 Å². The monoisotopic (exact) mass is 293 g/mol. The number of hydrogen-bond acceptors (Lipinski definition) is 4. The first-order valence-corrected chi connectivity index (χ1v) is 8.46. The Morgan fingerprint density at radius 3 is 2.32 bits per heavy atom. The van der Waals surface area contributed by atoms with Crippen LogP contribution in [0.5, 0.6) is 0 Å². The number of carboxylic acid groups (broad SMARTS) is 1. The molecule has 5 nitrogen and oxygen atoms in total. The SMILES string of the molecule is CC(C[C@@H](C(=O)O)N1CCCS1(O)O)CC(C)(C)C. The summed E-state index contributed by atoms with van der Waals surface area (Å²) in [5, 5.41) is 9.36. The van der Waals surface area contributed by atoms with Crippen molar-refractivity contribution in [1.82, 2.24) is 4.31 Å². The average molecular weight is 293 g/mol. The number of nitrogens with zero attached hydrogens (tertiary/aromatic N) is 1. The van der Waals surface area contributed by atoms with E-state index in [1.54, 1.807) is 0 Å². The maximum absolute atomic E-state index is 11.4. The van der Waals surface area contributed by atoms with Crippen molar-refractivity contribution in [2.75, 3.05) is 12.3 Å². The van der Waals surface area contributed by atoms with Gasteiger partial charge in [0.25, 0.3) is 0 Å². The van der Waals surface area contributed by atoms with Gasteiger partial charge >= 0.3 is 5.97 Å². The topological polar surface area (TPSA) is 81.0 Å². The highest BCUT2D eigenvalue weighted by atomic mass is 32.3. The predicted octanol–water partition coefficient (Wildman–Crippen LogP) is 3.27. The van der Waals surface area contributed by atoms with Crippen LogP contribution in [0.3, 0.4) is 0 Å². The van der Waals surface area contributed by atoms with Crippen LogP contribution in [0.25, 0.3) is 0 Å². The van der Waals surface area contributed by atoms with E-state index in [1.807, 2.05) is 6.92 Å². The highest BCUT2D eigenvalue weighted by molar-refractivity contribution is 8.22. The van der Waals surface area contributed by atoms with Crippen molar-refractivity contribution in [2.45, 2.75) is 53.0 Å². The molecule has 1 saturated heterocycles. The minimum Gasteiger partial charge on any atom is -0.480 e. The van der Waals surface area contributed by atoms with E-state index in [-0.39, 0.29) is 11.3 Å². The largest absolute Gasteiger partial charge is 0.480 e. The van der Waals surface area contributed by atoms with Gasteiger partial charge in [0.05, 0.1) is 5.75 Å². The lowest BCUT2D eigenvalue weighted by Gasteiger charge is -2.41. The molecule has 6 heteroatoms. The summed E-state index contributed by atoms with van der Waals surface area (Å²) in [7, 11) is -2.87. The van der Waals surface area contributed by atoms with Crippen LogP contribution >= 0.6 is 10.8 Å². The maximum atomic E-state index is 11.4. The molecule has 1 unspecified atom stereocenters. The first-order valence-electron chi connectivity index (χ1n) is 6.78. The van der Waals surface area contributed by atoms with Gasteiger partial charge < -0.3 is 5.11 Å². The Kier molecular flexibility index (Phi) is 5.28. The van der Waals surface area contributed by atoms with Crippen LogP contribution in [0.15, 0.2) is 0 Å². The van der Waals surface area contributed by atoms with E-state index in [9.17, 15) is 19.0 Å². The van der Waals surface area contributed by atoms with Crippen LogP contribution in [-0.4, -0.2) is 42.8 Å². The second kappa shape index (κ2) is 5.99. The first kappa shape index (κ1) is 16.8. The highest BCUT2D eigenvalue weighted by Crippen LogP contribution is 2.50. The second-order valence-electron chi connectivity index (χ2n) is 6.79. The minimum atomic E-state index is -2.87. The molecule has 1 aliphatic heterocycles. The number of carbonyl (C=O) groups is 1. The van der Waals surface area contributed by atoms with Crippen LogP contribution in [0.2, 0.25) is 0 Å². The van der Waals surface area contributed by atoms with Crippen LogP contribution in [0, 0.1) is 11.3 Å². The molecule has 0 bridgehead atoms. The van der Waals surface area contributed by atoms with E-state index >= 15 is 0 Å². The van der Waals surface area contributed by atoms with Gasteiger partial charge in [-0.05, 0) is 30.6 Å². The van der Waals surface area contributed by atoms with Gasteiger partial charge in [0.2, 0.25) is 0 Å². The first-order chi connectivity index (χ1) is 8.53. The van der Waals surface area contributed by atoms with Gasteiger partial charge in [-0.2, -0.15) is 4.31 Å². The molecule has 0 aromatic rings. The van der Waals surface area contributed by atoms with Crippen LogP contribution in [0.1, 0.15) is 47.0 Å². The van der Waals surface area contributed by atoms with Crippen molar-refractivity contribution in [3.8, 4) is 0 Å². The Morgan fingerprint density at radius 2 is 1.95 bits per heavy atom. The van der Waals surface area contributed by atoms with Gasteiger partial charge in [-0.15, -0.1) is 10.8 Å². The Morgan fingerprint density at radius 1 is 1.37 bits per heavy atom. The molecule has 1 rings (SSSR count). The molecule has 19 heavy (non-hydrogen) atoms. The average Bonchev–Trinajstić information content (AvgIpc) is 2.51. The van der Waals surface area contributed by atoms with E-state index in [2.05, 4.69) is 20.8 Å². The third kappa shape index (κ3) is 4.95. The van der Waals surface area contributed by atoms with Gasteiger partial charge in [0, 0.05) is 6.54 Å². The fraction of sp³-hybridized carbons (Fsp3) is 0.923. The zero-order valence-electron chi connectivity index (χ0n) is 12.3. The van der Waals surface area contributed by atoms with E-state index in [1.165, 1.54) is 4.31 Å². The fourth-order valence-electron chi connectivity index (χ4n) is 2.89. The molecule has 114 valence electrons.